The van der Waals surface area contributed by atoms with Crippen LogP contribution in [0.15, 0.2) is 24.3 Å². The molecule has 0 aromatic heterocycles. The smallest absolute Gasteiger partial charge is 0.216 e. The minimum atomic E-state index is -0.0415. The van der Waals surface area contributed by atoms with Crippen LogP contribution < -0.4 is 11.1 Å². The number of phenolic OH excluding ortho intramolecular Hbond substituents is 1. The van der Waals surface area contributed by atoms with Gasteiger partial charge in [0.05, 0.1) is 0 Å². The molecule has 0 heterocycles. The van der Waals surface area contributed by atoms with E-state index in [0.29, 0.717) is 24.2 Å². The van der Waals surface area contributed by atoms with Gasteiger partial charge in [-0.2, -0.15) is 0 Å². The molecule has 0 spiro atoms. The molecule has 0 saturated heterocycles. The van der Waals surface area contributed by atoms with Crippen molar-refractivity contribution in [1.82, 2.24) is 5.32 Å². The van der Waals surface area contributed by atoms with Crippen LogP contribution >= 0.6 is 0 Å². The summed E-state index contributed by atoms with van der Waals surface area (Å²) in [6, 6.07) is 4.90. The van der Waals surface area contributed by atoms with Crippen LogP contribution in [-0.2, 0) is 4.79 Å². The van der Waals surface area contributed by atoms with Gasteiger partial charge in [-0.1, -0.05) is 12.2 Å². The fourth-order valence-corrected chi connectivity index (χ4v) is 1.25. The van der Waals surface area contributed by atoms with Gasteiger partial charge in [0, 0.05) is 24.7 Å². The molecule has 0 bridgehead atoms. The van der Waals surface area contributed by atoms with Crippen molar-refractivity contribution in [3.63, 3.8) is 0 Å². The first kappa shape index (κ1) is 12.1. The Morgan fingerprint density at radius 2 is 2.31 bits per heavy atom. The lowest BCUT2D eigenvalue weighted by atomic mass is 10.1. The summed E-state index contributed by atoms with van der Waals surface area (Å²) < 4.78 is 0. The van der Waals surface area contributed by atoms with Crippen LogP contribution in [0.5, 0.6) is 5.75 Å². The van der Waals surface area contributed by atoms with E-state index in [1.807, 2.05) is 6.08 Å². The molecule has 0 unspecified atom stereocenters. The fourth-order valence-electron chi connectivity index (χ4n) is 1.25. The largest absolute Gasteiger partial charge is 0.507 e. The second-order valence-electron chi connectivity index (χ2n) is 3.49. The zero-order chi connectivity index (χ0) is 12.0. The van der Waals surface area contributed by atoms with Gasteiger partial charge in [-0.25, -0.2) is 0 Å². The number of nitrogen functional groups attached to an aromatic ring is 1. The highest BCUT2D eigenvalue weighted by Crippen LogP contribution is 2.20. The molecule has 1 rings (SSSR count). The molecule has 1 amide bonds. The lowest BCUT2D eigenvalue weighted by Crippen LogP contribution is -2.20. The van der Waals surface area contributed by atoms with Crippen LogP contribution in [-0.4, -0.2) is 17.6 Å². The average Bonchev–Trinajstić information content (AvgIpc) is 2.22. The summed E-state index contributed by atoms with van der Waals surface area (Å²) in [4.78, 5) is 10.6. The van der Waals surface area contributed by atoms with Gasteiger partial charge in [-0.15, -0.1) is 0 Å². The number of hydrogen-bond acceptors (Lipinski definition) is 3. The number of benzene rings is 1. The van der Waals surface area contributed by atoms with Crippen molar-refractivity contribution >= 4 is 17.7 Å². The van der Waals surface area contributed by atoms with E-state index in [4.69, 9.17) is 5.73 Å². The summed E-state index contributed by atoms with van der Waals surface area (Å²) in [5.74, 6) is 0.158. The molecule has 0 fully saturated rings. The minimum absolute atomic E-state index is 0.0415. The number of hydrogen-bond donors (Lipinski definition) is 3. The Labute approximate surface area is 94.8 Å². The first-order valence-corrected chi connectivity index (χ1v) is 5.09. The van der Waals surface area contributed by atoms with Gasteiger partial charge in [-0.3, -0.25) is 4.79 Å². The van der Waals surface area contributed by atoms with Crippen LogP contribution in [0.3, 0.4) is 0 Å². The van der Waals surface area contributed by atoms with Crippen molar-refractivity contribution in [2.45, 2.75) is 13.3 Å². The number of nitrogens with one attached hydrogen (secondary N) is 1. The molecule has 1 aromatic rings. The van der Waals surface area contributed by atoms with E-state index in [1.165, 1.54) is 6.92 Å². The topological polar surface area (TPSA) is 75.4 Å². The van der Waals surface area contributed by atoms with Crippen molar-refractivity contribution in [1.29, 1.82) is 0 Å². The Morgan fingerprint density at radius 1 is 1.56 bits per heavy atom. The molecule has 4 nitrogen and oxygen atoms in total. The Kier molecular flexibility index (Phi) is 4.39. The van der Waals surface area contributed by atoms with Crippen LogP contribution in [0.25, 0.3) is 6.08 Å². The van der Waals surface area contributed by atoms with Gasteiger partial charge in [-0.05, 0) is 24.6 Å². The number of phenols is 1. The summed E-state index contributed by atoms with van der Waals surface area (Å²) >= 11 is 0. The summed E-state index contributed by atoms with van der Waals surface area (Å²) in [6.45, 7) is 2.07. The third-order valence-corrected chi connectivity index (χ3v) is 2.03. The van der Waals surface area contributed by atoms with Crippen LogP contribution in [0.2, 0.25) is 0 Å². The Balaban J connectivity index is 2.49. The first-order valence-electron chi connectivity index (χ1n) is 5.09. The van der Waals surface area contributed by atoms with Crippen molar-refractivity contribution in [2.24, 2.45) is 0 Å². The molecule has 0 aliphatic rings. The van der Waals surface area contributed by atoms with Gasteiger partial charge in [0.2, 0.25) is 5.91 Å². The third kappa shape index (κ3) is 4.04. The molecule has 16 heavy (non-hydrogen) atoms. The summed E-state index contributed by atoms with van der Waals surface area (Å²) in [7, 11) is 0. The second kappa shape index (κ2) is 5.80. The molecule has 0 aliphatic carbocycles. The highest BCUT2D eigenvalue weighted by molar-refractivity contribution is 5.72. The molecule has 0 radical (unpaired) electrons. The Hall–Kier alpha value is -1.97. The van der Waals surface area contributed by atoms with Crippen LogP contribution in [0, 0.1) is 0 Å². The van der Waals surface area contributed by atoms with E-state index in [-0.39, 0.29) is 11.7 Å². The van der Waals surface area contributed by atoms with E-state index in [0.717, 1.165) is 0 Å². The van der Waals surface area contributed by atoms with Gasteiger partial charge < -0.3 is 16.2 Å². The number of carbonyl (C=O) groups excluding carboxylic acids is 1. The van der Waals surface area contributed by atoms with Crippen LogP contribution in [0.4, 0.5) is 5.69 Å². The van der Waals surface area contributed by atoms with E-state index < -0.39 is 0 Å². The number of anilines is 1. The third-order valence-electron chi connectivity index (χ3n) is 2.03. The quantitative estimate of drug-likeness (QED) is 0.409. The maximum Gasteiger partial charge on any atom is 0.216 e. The molecule has 86 valence electrons. The Bertz CT molecular complexity index is 400. The number of amides is 1. The van der Waals surface area contributed by atoms with Gasteiger partial charge >= 0.3 is 0 Å². The summed E-state index contributed by atoms with van der Waals surface area (Å²) in [6.07, 6.45) is 4.38. The molecule has 0 atom stereocenters. The SMILES string of the molecule is CC(=O)NCCC=Cc1cc(N)ccc1O. The number of nitrogens with two attached hydrogens (primary N) is 1. The van der Waals surface area contributed by atoms with E-state index in [1.54, 1.807) is 24.3 Å². The zero-order valence-electron chi connectivity index (χ0n) is 9.23. The second-order valence-corrected chi connectivity index (χ2v) is 3.49. The predicted octanol–water partition coefficient (Wildman–Crippen LogP) is 1.51. The fraction of sp³-hybridized carbons (Fsp3) is 0.250. The molecular weight excluding hydrogens is 204 g/mol. The number of aromatic hydroxyl groups is 1. The highest BCUT2D eigenvalue weighted by atomic mass is 16.3. The lowest BCUT2D eigenvalue weighted by Gasteiger charge is -2.00. The molecule has 4 N–H and O–H groups in total. The van der Waals surface area contributed by atoms with Crippen molar-refractivity contribution in [2.75, 3.05) is 12.3 Å². The number of rotatable bonds is 4. The molecule has 0 aliphatic heterocycles. The van der Waals surface area contributed by atoms with Crippen molar-refractivity contribution < 1.29 is 9.90 Å². The van der Waals surface area contributed by atoms with E-state index >= 15 is 0 Å². The maximum atomic E-state index is 10.6. The standard InChI is InChI=1S/C12H16N2O2/c1-9(15)14-7-3-2-4-10-8-11(13)5-6-12(10)16/h2,4-6,8,16H,3,7,13H2,1H3,(H,14,15). The monoisotopic (exact) mass is 220 g/mol. The zero-order valence-corrected chi connectivity index (χ0v) is 9.23. The van der Waals surface area contributed by atoms with Crippen LogP contribution in [0.1, 0.15) is 18.9 Å². The normalized spacial score (nSPS) is 10.6. The molecule has 0 saturated carbocycles. The minimum Gasteiger partial charge on any atom is -0.507 e. The molecule has 4 heteroatoms. The van der Waals surface area contributed by atoms with Gasteiger partial charge in [0.15, 0.2) is 0 Å². The van der Waals surface area contributed by atoms with E-state index in [2.05, 4.69) is 5.32 Å². The van der Waals surface area contributed by atoms with Gasteiger partial charge in [0.25, 0.3) is 0 Å². The average molecular weight is 220 g/mol. The lowest BCUT2D eigenvalue weighted by molar-refractivity contribution is -0.118. The predicted molar refractivity (Wildman–Crippen MR) is 64.9 cm³/mol. The van der Waals surface area contributed by atoms with Gasteiger partial charge in [0.1, 0.15) is 5.75 Å². The number of carbonyl (C=O) groups is 1. The summed E-state index contributed by atoms with van der Waals surface area (Å²) in [5, 5.41) is 12.2. The highest BCUT2D eigenvalue weighted by Gasteiger charge is 1.96. The molecular formula is C12H16N2O2. The van der Waals surface area contributed by atoms with Crippen molar-refractivity contribution in [3.8, 4) is 5.75 Å². The van der Waals surface area contributed by atoms with E-state index in [9.17, 15) is 9.90 Å². The summed E-state index contributed by atoms with van der Waals surface area (Å²) in [5.41, 5.74) is 6.89. The maximum absolute atomic E-state index is 10.6. The van der Waals surface area contributed by atoms with Crippen molar-refractivity contribution in [3.05, 3.63) is 29.8 Å². The first-order chi connectivity index (χ1) is 7.59. The molecule has 1 aromatic carbocycles. The Morgan fingerprint density at radius 3 is 3.00 bits per heavy atom.